The van der Waals surface area contributed by atoms with Crippen molar-refractivity contribution in [1.29, 1.82) is 0 Å². The van der Waals surface area contributed by atoms with Crippen LogP contribution in [-0.2, 0) is 16.1 Å². The molecule has 1 aromatic carbocycles. The molecule has 3 amide bonds. The number of nitrogens with zero attached hydrogens (tertiary/aromatic N) is 2. The van der Waals surface area contributed by atoms with Crippen LogP contribution in [0, 0.1) is 11.8 Å². The maximum Gasteiger partial charge on any atom is 0.393 e. The van der Waals surface area contributed by atoms with Crippen LogP contribution in [0.15, 0.2) is 23.1 Å². The van der Waals surface area contributed by atoms with Crippen LogP contribution in [0.25, 0.3) is 0 Å². The first-order valence-corrected chi connectivity index (χ1v) is 13.8. The quantitative estimate of drug-likeness (QED) is 0.274. The van der Waals surface area contributed by atoms with E-state index in [0.717, 1.165) is 54.9 Å². The number of thioether (sulfide) groups is 1. The average molecular weight is 526 g/mol. The van der Waals surface area contributed by atoms with Crippen molar-refractivity contribution in [3.05, 3.63) is 29.3 Å². The Labute approximate surface area is 214 Å². The topological polar surface area (TPSA) is 69.7 Å². The molecule has 4 rings (SSSR count). The van der Waals surface area contributed by atoms with E-state index in [0.29, 0.717) is 25.1 Å². The number of nitrogens with one attached hydrogen (secondary N) is 1. The lowest BCUT2D eigenvalue weighted by Crippen LogP contribution is -2.52. The summed E-state index contributed by atoms with van der Waals surface area (Å²) >= 11 is 1.72. The molecule has 2 saturated heterocycles. The zero-order valence-corrected chi connectivity index (χ0v) is 21.4. The molecule has 0 radical (unpaired) electrons. The van der Waals surface area contributed by atoms with Crippen molar-refractivity contribution in [2.75, 3.05) is 25.4 Å². The van der Waals surface area contributed by atoms with Gasteiger partial charge in [0.1, 0.15) is 6.04 Å². The Hall–Kier alpha value is -2.07. The Bertz CT molecular complexity index is 987. The second kappa shape index (κ2) is 11.5. The van der Waals surface area contributed by atoms with Gasteiger partial charge in [-0.2, -0.15) is 13.2 Å². The molecule has 3 aliphatic heterocycles. The van der Waals surface area contributed by atoms with Gasteiger partial charge in [-0.15, -0.1) is 11.8 Å². The second-order valence-corrected chi connectivity index (χ2v) is 11.3. The molecule has 1 unspecified atom stereocenters. The molecule has 0 aliphatic carbocycles. The molecule has 6 nitrogen and oxygen atoms in total. The van der Waals surface area contributed by atoms with E-state index in [2.05, 4.69) is 5.32 Å². The van der Waals surface area contributed by atoms with Gasteiger partial charge in [-0.05, 0) is 55.2 Å². The van der Waals surface area contributed by atoms with Gasteiger partial charge in [-0.1, -0.05) is 32.3 Å². The minimum Gasteiger partial charge on any atom is -0.322 e. The van der Waals surface area contributed by atoms with Gasteiger partial charge < -0.3 is 9.80 Å². The molecule has 2 fully saturated rings. The van der Waals surface area contributed by atoms with Gasteiger partial charge in [-0.25, -0.2) is 0 Å². The molecule has 1 N–H and O–H groups in total. The minimum atomic E-state index is -4.10. The first-order valence-electron chi connectivity index (χ1n) is 12.8. The number of hydrogen-bond donors (Lipinski definition) is 1. The molecule has 36 heavy (non-hydrogen) atoms. The number of imide groups is 1. The molecule has 0 spiro atoms. The predicted octanol–water partition coefficient (Wildman–Crippen LogP) is 4.62. The molecule has 3 heterocycles. The number of halogens is 3. The average Bonchev–Trinajstić information content (AvgIpc) is 3.36. The summed E-state index contributed by atoms with van der Waals surface area (Å²) in [5.41, 5.74) is 1.59. The summed E-state index contributed by atoms with van der Waals surface area (Å²) in [4.78, 5) is 41.2. The number of alkyl halides is 3. The highest BCUT2D eigenvalue weighted by Crippen LogP contribution is 2.37. The van der Waals surface area contributed by atoms with Gasteiger partial charge in [0.2, 0.25) is 11.8 Å². The lowest BCUT2D eigenvalue weighted by molar-refractivity contribution is -0.179. The summed E-state index contributed by atoms with van der Waals surface area (Å²) in [6.07, 6.45) is 1.58. The van der Waals surface area contributed by atoms with Gasteiger partial charge in [0.15, 0.2) is 0 Å². The summed E-state index contributed by atoms with van der Waals surface area (Å²) < 4.78 is 39.1. The van der Waals surface area contributed by atoms with Crippen LogP contribution in [0.4, 0.5) is 13.2 Å². The summed E-state index contributed by atoms with van der Waals surface area (Å²) in [6, 6.07) is 5.07. The van der Waals surface area contributed by atoms with Crippen LogP contribution < -0.4 is 5.32 Å². The Balaban J connectivity index is 1.15. The molecule has 0 bridgehead atoms. The van der Waals surface area contributed by atoms with Gasteiger partial charge >= 0.3 is 6.18 Å². The largest absolute Gasteiger partial charge is 0.393 e. The van der Waals surface area contributed by atoms with Crippen LogP contribution in [-0.4, -0.2) is 65.1 Å². The number of hydrogen-bond acceptors (Lipinski definition) is 5. The van der Waals surface area contributed by atoms with Crippen molar-refractivity contribution < 1.29 is 27.6 Å². The van der Waals surface area contributed by atoms with Gasteiger partial charge in [-0.3, -0.25) is 19.7 Å². The fraction of sp³-hybridized carbons (Fsp3) is 0.654. The highest BCUT2D eigenvalue weighted by Gasteiger charge is 2.47. The fourth-order valence-electron chi connectivity index (χ4n) is 5.52. The molecule has 3 atom stereocenters. The summed E-state index contributed by atoms with van der Waals surface area (Å²) in [5.74, 6) is -1.46. The van der Waals surface area contributed by atoms with Crippen molar-refractivity contribution in [2.45, 2.75) is 75.5 Å². The van der Waals surface area contributed by atoms with Crippen molar-refractivity contribution in [3.63, 3.8) is 0 Å². The Morgan fingerprint density at radius 1 is 1.06 bits per heavy atom. The molecule has 0 saturated carbocycles. The molecule has 1 aromatic rings. The third-order valence-corrected chi connectivity index (χ3v) is 8.71. The fourth-order valence-corrected chi connectivity index (χ4v) is 6.61. The van der Waals surface area contributed by atoms with E-state index in [4.69, 9.17) is 0 Å². The molecule has 0 aromatic heterocycles. The number of benzene rings is 1. The summed E-state index contributed by atoms with van der Waals surface area (Å²) in [5, 5.41) is 2.33. The van der Waals surface area contributed by atoms with E-state index in [-0.39, 0.29) is 30.7 Å². The van der Waals surface area contributed by atoms with E-state index in [1.165, 1.54) is 0 Å². The van der Waals surface area contributed by atoms with E-state index >= 15 is 0 Å². The third kappa shape index (κ3) is 6.25. The maximum absolute atomic E-state index is 13.0. The van der Waals surface area contributed by atoms with E-state index < -0.39 is 24.0 Å². The van der Waals surface area contributed by atoms with Crippen LogP contribution >= 0.6 is 11.8 Å². The van der Waals surface area contributed by atoms with Crippen molar-refractivity contribution in [2.24, 2.45) is 11.8 Å². The smallest absolute Gasteiger partial charge is 0.322 e. The number of rotatable bonds is 10. The Morgan fingerprint density at radius 3 is 2.53 bits per heavy atom. The normalized spacial score (nSPS) is 24.9. The van der Waals surface area contributed by atoms with Crippen LogP contribution in [0.1, 0.15) is 67.8 Å². The first kappa shape index (κ1) is 27.0. The number of piperidine rings is 1. The Kier molecular flexibility index (Phi) is 8.65. The number of unbranched alkanes of at least 4 members (excludes halogenated alkanes) is 4. The van der Waals surface area contributed by atoms with Gasteiger partial charge in [0.05, 0.1) is 5.92 Å². The molecule has 10 heteroatoms. The summed E-state index contributed by atoms with van der Waals surface area (Å²) in [6.45, 7) is 3.48. The predicted molar refractivity (Wildman–Crippen MR) is 131 cm³/mol. The highest BCUT2D eigenvalue weighted by atomic mass is 32.2. The first-order chi connectivity index (χ1) is 17.1. The zero-order chi connectivity index (χ0) is 25.9. The van der Waals surface area contributed by atoms with Crippen molar-refractivity contribution in [1.82, 2.24) is 15.1 Å². The standard InChI is InChI=1S/C26H34F3N3O3S/c1-17-14-31(16-20(17)26(27,28)29)12-5-3-2-4-6-13-36-22-9-7-8-18-19(22)15-32(25(18)35)21-10-11-23(33)30-24(21)34/h7-9,17,20-21H,2-6,10-16H2,1H3,(H,30,33,34)/t17-,20-,21?/m1/s1. The van der Waals surface area contributed by atoms with Crippen molar-refractivity contribution in [3.8, 4) is 0 Å². The number of carbonyl (C=O) groups excluding carboxylic acids is 3. The number of carbonyl (C=O) groups is 3. The lowest BCUT2D eigenvalue weighted by Gasteiger charge is -2.29. The minimum absolute atomic E-state index is 0.131. The van der Waals surface area contributed by atoms with Crippen LogP contribution in [0.5, 0.6) is 0 Å². The summed E-state index contributed by atoms with van der Waals surface area (Å²) in [7, 11) is 0. The molecule has 3 aliphatic rings. The number of amides is 3. The van der Waals surface area contributed by atoms with Gasteiger partial charge in [0.25, 0.3) is 5.91 Å². The van der Waals surface area contributed by atoms with E-state index in [1.807, 2.05) is 17.0 Å². The van der Waals surface area contributed by atoms with Gasteiger partial charge in [0, 0.05) is 36.5 Å². The highest BCUT2D eigenvalue weighted by molar-refractivity contribution is 7.99. The number of fused-ring (bicyclic) bond motifs is 1. The molecular formula is C26H34F3N3O3S. The zero-order valence-electron chi connectivity index (χ0n) is 20.6. The maximum atomic E-state index is 13.0. The Morgan fingerprint density at radius 2 is 1.81 bits per heavy atom. The van der Waals surface area contributed by atoms with E-state index in [9.17, 15) is 27.6 Å². The number of likely N-dealkylation sites (tertiary alicyclic amines) is 1. The monoisotopic (exact) mass is 525 g/mol. The van der Waals surface area contributed by atoms with Crippen LogP contribution in [0.3, 0.4) is 0 Å². The lowest BCUT2D eigenvalue weighted by atomic mass is 9.98. The SMILES string of the molecule is C[C@@H]1CN(CCCCCCCSc2cccc3c2CN(C2CCC(=O)NC2=O)C3=O)C[C@H]1C(F)(F)F. The van der Waals surface area contributed by atoms with Crippen molar-refractivity contribution >= 4 is 29.5 Å². The molecular weight excluding hydrogens is 491 g/mol. The third-order valence-electron chi connectivity index (χ3n) is 7.52. The molecule has 198 valence electrons. The van der Waals surface area contributed by atoms with E-state index in [1.54, 1.807) is 29.7 Å². The second-order valence-electron chi connectivity index (χ2n) is 10.2. The van der Waals surface area contributed by atoms with Crippen LogP contribution in [0.2, 0.25) is 0 Å².